The lowest BCUT2D eigenvalue weighted by Gasteiger charge is -2.22. The summed E-state index contributed by atoms with van der Waals surface area (Å²) in [7, 11) is 0. The van der Waals surface area contributed by atoms with Crippen LogP contribution in [0.1, 0.15) is 18.2 Å². The van der Waals surface area contributed by atoms with Gasteiger partial charge in [0.2, 0.25) is 0 Å². The number of aliphatic hydroxyl groups is 1. The SMILES string of the molecule is CC(O)(CNC(=O)NCc1ccc(F)cc1)Cc1ccco1. The van der Waals surface area contributed by atoms with E-state index in [4.69, 9.17) is 4.42 Å². The predicted octanol–water partition coefficient (Wildman–Crippen LogP) is 2.21. The smallest absolute Gasteiger partial charge is 0.315 e. The van der Waals surface area contributed by atoms with Crippen LogP contribution in [0, 0.1) is 5.82 Å². The summed E-state index contributed by atoms with van der Waals surface area (Å²) < 4.78 is 17.9. The normalized spacial score (nSPS) is 13.4. The summed E-state index contributed by atoms with van der Waals surface area (Å²) in [5, 5.41) is 15.5. The first-order valence-electron chi connectivity index (χ1n) is 6.95. The average Bonchev–Trinajstić information content (AvgIpc) is 2.97. The van der Waals surface area contributed by atoms with Crippen molar-refractivity contribution in [3.63, 3.8) is 0 Å². The number of hydrogen-bond acceptors (Lipinski definition) is 3. The van der Waals surface area contributed by atoms with Crippen LogP contribution in [0.25, 0.3) is 0 Å². The number of hydrogen-bond donors (Lipinski definition) is 3. The molecule has 0 saturated heterocycles. The summed E-state index contributed by atoms with van der Waals surface area (Å²) in [6, 6.07) is 8.98. The van der Waals surface area contributed by atoms with Crippen molar-refractivity contribution in [3.8, 4) is 0 Å². The zero-order valence-electron chi connectivity index (χ0n) is 12.3. The highest BCUT2D eigenvalue weighted by atomic mass is 19.1. The van der Waals surface area contributed by atoms with E-state index in [-0.39, 0.29) is 18.9 Å². The van der Waals surface area contributed by atoms with Crippen LogP contribution in [0.15, 0.2) is 47.1 Å². The molecule has 0 spiro atoms. The molecule has 0 radical (unpaired) electrons. The van der Waals surface area contributed by atoms with Gasteiger partial charge in [-0.25, -0.2) is 9.18 Å². The van der Waals surface area contributed by atoms with Crippen molar-refractivity contribution < 1.29 is 18.7 Å². The molecular formula is C16H19FN2O3. The van der Waals surface area contributed by atoms with E-state index in [2.05, 4.69) is 10.6 Å². The van der Waals surface area contributed by atoms with Gasteiger partial charge in [0.15, 0.2) is 0 Å². The molecule has 0 fully saturated rings. The maximum Gasteiger partial charge on any atom is 0.315 e. The van der Waals surface area contributed by atoms with Gasteiger partial charge in [-0.3, -0.25) is 0 Å². The summed E-state index contributed by atoms with van der Waals surface area (Å²) in [6.07, 6.45) is 1.84. The number of furan rings is 1. The Labute approximate surface area is 128 Å². The summed E-state index contributed by atoms with van der Waals surface area (Å²) in [4.78, 5) is 11.7. The van der Waals surface area contributed by atoms with E-state index in [1.54, 1.807) is 31.2 Å². The lowest BCUT2D eigenvalue weighted by molar-refractivity contribution is 0.0571. The Hall–Kier alpha value is -2.34. The van der Waals surface area contributed by atoms with Gasteiger partial charge in [-0.05, 0) is 36.8 Å². The lowest BCUT2D eigenvalue weighted by Crippen LogP contribution is -2.45. The Kier molecular flexibility index (Phi) is 5.16. The Bertz CT molecular complexity index is 594. The number of benzene rings is 1. The molecule has 0 aliphatic carbocycles. The second-order valence-electron chi connectivity index (χ2n) is 5.42. The molecule has 118 valence electrons. The Morgan fingerprint density at radius 1 is 1.27 bits per heavy atom. The van der Waals surface area contributed by atoms with Crippen molar-refractivity contribution in [2.45, 2.75) is 25.5 Å². The van der Waals surface area contributed by atoms with E-state index < -0.39 is 11.6 Å². The molecule has 1 unspecified atom stereocenters. The number of urea groups is 1. The molecule has 2 amide bonds. The van der Waals surface area contributed by atoms with Gasteiger partial charge >= 0.3 is 6.03 Å². The zero-order valence-corrected chi connectivity index (χ0v) is 12.3. The van der Waals surface area contributed by atoms with Crippen LogP contribution in [-0.2, 0) is 13.0 Å². The van der Waals surface area contributed by atoms with Crippen molar-refractivity contribution in [3.05, 3.63) is 59.8 Å². The summed E-state index contributed by atoms with van der Waals surface area (Å²) in [6.45, 7) is 1.99. The fourth-order valence-electron chi connectivity index (χ4n) is 1.97. The maximum absolute atomic E-state index is 12.8. The van der Waals surface area contributed by atoms with E-state index >= 15 is 0 Å². The number of nitrogens with one attached hydrogen (secondary N) is 2. The van der Waals surface area contributed by atoms with Crippen LogP contribution in [0.5, 0.6) is 0 Å². The molecule has 1 atom stereocenters. The van der Waals surface area contributed by atoms with Crippen LogP contribution in [0.2, 0.25) is 0 Å². The van der Waals surface area contributed by atoms with Gasteiger partial charge in [0.05, 0.1) is 11.9 Å². The van der Waals surface area contributed by atoms with Crippen LogP contribution in [0.3, 0.4) is 0 Å². The average molecular weight is 306 g/mol. The summed E-state index contributed by atoms with van der Waals surface area (Å²) in [5.74, 6) is 0.334. The fraction of sp³-hybridized carbons (Fsp3) is 0.312. The minimum atomic E-state index is -1.11. The highest BCUT2D eigenvalue weighted by Crippen LogP contribution is 2.12. The number of carbonyl (C=O) groups is 1. The van der Waals surface area contributed by atoms with Crippen molar-refractivity contribution >= 4 is 6.03 Å². The van der Waals surface area contributed by atoms with Gasteiger partial charge in [-0.15, -0.1) is 0 Å². The molecule has 6 heteroatoms. The van der Waals surface area contributed by atoms with Crippen molar-refractivity contribution in [1.82, 2.24) is 10.6 Å². The molecule has 1 aromatic heterocycles. The largest absolute Gasteiger partial charge is 0.469 e. The van der Waals surface area contributed by atoms with Crippen LogP contribution in [-0.4, -0.2) is 23.3 Å². The highest BCUT2D eigenvalue weighted by molar-refractivity contribution is 5.73. The monoisotopic (exact) mass is 306 g/mol. The minimum absolute atomic E-state index is 0.0863. The number of amides is 2. The molecule has 0 saturated carbocycles. The van der Waals surface area contributed by atoms with E-state index in [0.29, 0.717) is 12.2 Å². The van der Waals surface area contributed by atoms with E-state index in [1.165, 1.54) is 18.4 Å². The molecule has 0 bridgehead atoms. The molecule has 1 heterocycles. The van der Waals surface area contributed by atoms with E-state index in [9.17, 15) is 14.3 Å². The Balaban J connectivity index is 1.73. The topological polar surface area (TPSA) is 74.5 Å². The Morgan fingerprint density at radius 2 is 2.00 bits per heavy atom. The van der Waals surface area contributed by atoms with Gasteiger partial charge in [-0.1, -0.05) is 12.1 Å². The minimum Gasteiger partial charge on any atom is -0.469 e. The first kappa shape index (κ1) is 16.0. The van der Waals surface area contributed by atoms with Crippen molar-refractivity contribution in [2.24, 2.45) is 0 Å². The molecule has 2 rings (SSSR count). The molecule has 1 aromatic carbocycles. The maximum atomic E-state index is 12.8. The molecule has 22 heavy (non-hydrogen) atoms. The third-order valence-electron chi connectivity index (χ3n) is 3.13. The molecule has 0 aliphatic heterocycles. The van der Waals surface area contributed by atoms with Crippen LogP contribution < -0.4 is 10.6 Å². The van der Waals surface area contributed by atoms with Crippen molar-refractivity contribution in [1.29, 1.82) is 0 Å². The highest BCUT2D eigenvalue weighted by Gasteiger charge is 2.23. The fourth-order valence-corrected chi connectivity index (χ4v) is 1.97. The summed E-state index contributed by atoms with van der Waals surface area (Å²) in [5.41, 5.74) is -0.315. The summed E-state index contributed by atoms with van der Waals surface area (Å²) >= 11 is 0. The van der Waals surface area contributed by atoms with Crippen molar-refractivity contribution in [2.75, 3.05) is 6.54 Å². The van der Waals surface area contributed by atoms with Gasteiger partial charge < -0.3 is 20.2 Å². The third kappa shape index (κ3) is 5.21. The Morgan fingerprint density at radius 3 is 2.64 bits per heavy atom. The second-order valence-corrected chi connectivity index (χ2v) is 5.42. The number of carbonyl (C=O) groups excluding carboxylic acids is 1. The standard InChI is InChI=1S/C16H19FN2O3/c1-16(21,9-14-3-2-8-22-14)11-19-15(20)18-10-12-4-6-13(17)7-5-12/h2-8,21H,9-11H2,1H3,(H2,18,19,20). The second kappa shape index (κ2) is 7.09. The third-order valence-corrected chi connectivity index (χ3v) is 3.13. The van der Waals surface area contributed by atoms with Crippen LogP contribution in [0.4, 0.5) is 9.18 Å². The van der Waals surface area contributed by atoms with Gasteiger partial charge in [0.1, 0.15) is 11.6 Å². The van der Waals surface area contributed by atoms with Gasteiger partial charge in [-0.2, -0.15) is 0 Å². The lowest BCUT2D eigenvalue weighted by atomic mass is 10.0. The van der Waals surface area contributed by atoms with Gasteiger partial charge in [0, 0.05) is 19.5 Å². The molecular weight excluding hydrogens is 287 g/mol. The molecule has 2 aromatic rings. The zero-order chi connectivity index (χ0) is 16.0. The van der Waals surface area contributed by atoms with E-state index in [0.717, 1.165) is 5.56 Å². The first-order chi connectivity index (χ1) is 10.4. The molecule has 5 nitrogen and oxygen atoms in total. The van der Waals surface area contributed by atoms with Crippen LogP contribution >= 0.6 is 0 Å². The number of halogens is 1. The molecule has 0 aliphatic rings. The quantitative estimate of drug-likeness (QED) is 0.766. The first-order valence-corrected chi connectivity index (χ1v) is 6.95. The molecule has 3 N–H and O–H groups in total. The van der Waals surface area contributed by atoms with E-state index in [1.807, 2.05) is 0 Å². The number of rotatable bonds is 6. The van der Waals surface area contributed by atoms with Gasteiger partial charge in [0.25, 0.3) is 0 Å². The predicted molar refractivity (Wildman–Crippen MR) is 79.7 cm³/mol.